The predicted molar refractivity (Wildman–Crippen MR) is 68.1 cm³/mol. The van der Waals surface area contributed by atoms with E-state index in [1.807, 2.05) is 6.92 Å². The highest BCUT2D eigenvalue weighted by molar-refractivity contribution is 5.78. The van der Waals surface area contributed by atoms with Crippen molar-refractivity contribution in [3.05, 3.63) is 0 Å². The molecule has 0 bridgehead atoms. The Kier molecular flexibility index (Phi) is 9.22. The number of nitrogens with zero attached hydrogens (tertiary/aromatic N) is 1. The van der Waals surface area contributed by atoms with Crippen LogP contribution in [0.4, 0.5) is 0 Å². The van der Waals surface area contributed by atoms with Gasteiger partial charge in [0, 0.05) is 19.0 Å². The van der Waals surface area contributed by atoms with Crippen LogP contribution in [0.25, 0.3) is 0 Å². The normalized spacial score (nSPS) is 12.3. The third-order valence-electron chi connectivity index (χ3n) is 2.59. The number of carbonyl (C=O) groups is 2. The van der Waals surface area contributed by atoms with E-state index in [2.05, 4.69) is 5.32 Å². The van der Waals surface area contributed by atoms with Gasteiger partial charge in [0.15, 0.2) is 0 Å². The maximum absolute atomic E-state index is 11.5. The second kappa shape index (κ2) is 9.85. The van der Waals surface area contributed by atoms with Gasteiger partial charge in [0.05, 0.1) is 19.8 Å². The van der Waals surface area contributed by atoms with Gasteiger partial charge in [-0.15, -0.1) is 0 Å². The zero-order valence-corrected chi connectivity index (χ0v) is 11.4. The first-order valence-corrected chi connectivity index (χ1v) is 6.24. The molecule has 2 N–H and O–H groups in total. The van der Waals surface area contributed by atoms with Gasteiger partial charge in [-0.1, -0.05) is 0 Å². The summed E-state index contributed by atoms with van der Waals surface area (Å²) >= 11 is 0. The zero-order chi connectivity index (χ0) is 14.0. The molecule has 106 valence electrons. The van der Waals surface area contributed by atoms with Crippen LogP contribution in [0.15, 0.2) is 0 Å². The van der Waals surface area contributed by atoms with Gasteiger partial charge in [0.2, 0.25) is 5.91 Å². The SMILES string of the molecule is CCOC(=O)CCCNC(=O)CN(C)C(C)CO. The van der Waals surface area contributed by atoms with Crippen molar-refractivity contribution in [3.8, 4) is 0 Å². The van der Waals surface area contributed by atoms with E-state index in [0.717, 1.165) is 0 Å². The summed E-state index contributed by atoms with van der Waals surface area (Å²) in [5, 5.41) is 11.6. The molecular formula is C12H24N2O4. The second-order valence-electron chi connectivity index (χ2n) is 4.21. The van der Waals surface area contributed by atoms with Crippen molar-refractivity contribution >= 4 is 11.9 Å². The number of nitrogens with one attached hydrogen (secondary N) is 1. The molecule has 0 aromatic rings. The van der Waals surface area contributed by atoms with E-state index in [1.165, 1.54) is 0 Å². The van der Waals surface area contributed by atoms with Crippen LogP contribution in [0.5, 0.6) is 0 Å². The Hall–Kier alpha value is -1.14. The first-order valence-electron chi connectivity index (χ1n) is 6.24. The van der Waals surface area contributed by atoms with E-state index in [0.29, 0.717) is 26.0 Å². The van der Waals surface area contributed by atoms with Gasteiger partial charge in [-0.05, 0) is 27.3 Å². The number of rotatable bonds is 9. The third kappa shape index (κ3) is 8.03. The molecule has 0 heterocycles. The van der Waals surface area contributed by atoms with Crippen LogP contribution in [0.1, 0.15) is 26.7 Å². The molecule has 0 fully saturated rings. The molecule has 6 heteroatoms. The number of carbonyl (C=O) groups excluding carboxylic acids is 2. The molecule has 0 aromatic heterocycles. The highest BCUT2D eigenvalue weighted by atomic mass is 16.5. The number of likely N-dealkylation sites (N-methyl/N-ethyl adjacent to an activating group) is 1. The fraction of sp³-hybridized carbons (Fsp3) is 0.833. The third-order valence-corrected chi connectivity index (χ3v) is 2.59. The summed E-state index contributed by atoms with van der Waals surface area (Å²) in [7, 11) is 1.78. The minimum absolute atomic E-state index is 0.0205. The average Bonchev–Trinajstić information content (AvgIpc) is 2.33. The molecule has 0 rings (SSSR count). The van der Waals surface area contributed by atoms with Crippen LogP contribution in [-0.2, 0) is 14.3 Å². The molecule has 0 aliphatic carbocycles. The maximum atomic E-state index is 11.5. The summed E-state index contributed by atoms with van der Waals surface area (Å²) in [6.45, 7) is 4.70. The Bertz CT molecular complexity index is 258. The Morgan fingerprint density at radius 3 is 2.67 bits per heavy atom. The summed E-state index contributed by atoms with van der Waals surface area (Å²) in [5.74, 6) is -0.348. The molecule has 1 atom stereocenters. The number of hydrogen-bond donors (Lipinski definition) is 2. The Labute approximate surface area is 108 Å². The van der Waals surface area contributed by atoms with Crippen LogP contribution < -0.4 is 5.32 Å². The monoisotopic (exact) mass is 260 g/mol. The molecule has 0 saturated carbocycles. The van der Waals surface area contributed by atoms with Crippen molar-refractivity contribution in [2.24, 2.45) is 0 Å². The maximum Gasteiger partial charge on any atom is 0.305 e. The van der Waals surface area contributed by atoms with Gasteiger partial charge >= 0.3 is 5.97 Å². The Morgan fingerprint density at radius 2 is 2.11 bits per heavy atom. The van der Waals surface area contributed by atoms with E-state index in [1.54, 1.807) is 18.9 Å². The van der Waals surface area contributed by atoms with Crippen LogP contribution >= 0.6 is 0 Å². The largest absolute Gasteiger partial charge is 0.466 e. The molecule has 0 aromatic carbocycles. The van der Waals surface area contributed by atoms with Crippen molar-refractivity contribution in [2.75, 3.05) is 33.4 Å². The van der Waals surface area contributed by atoms with Gasteiger partial charge < -0.3 is 15.2 Å². The minimum atomic E-state index is -0.238. The Morgan fingerprint density at radius 1 is 1.44 bits per heavy atom. The standard InChI is InChI=1S/C12H24N2O4/c1-4-18-12(17)6-5-7-13-11(16)8-14(3)10(2)9-15/h10,15H,4-9H2,1-3H3,(H,13,16). The number of aliphatic hydroxyl groups excluding tert-OH is 1. The Balaban J connectivity index is 3.62. The van der Waals surface area contributed by atoms with E-state index in [-0.39, 0.29) is 31.1 Å². The molecule has 0 radical (unpaired) electrons. The topological polar surface area (TPSA) is 78.9 Å². The first kappa shape index (κ1) is 16.9. The molecule has 1 amide bonds. The highest BCUT2D eigenvalue weighted by Crippen LogP contribution is 1.94. The number of hydrogen-bond acceptors (Lipinski definition) is 5. The summed E-state index contributed by atoms with van der Waals surface area (Å²) in [5.41, 5.74) is 0. The van der Waals surface area contributed by atoms with Gasteiger partial charge in [-0.2, -0.15) is 0 Å². The van der Waals surface area contributed by atoms with E-state index in [9.17, 15) is 9.59 Å². The number of amides is 1. The van der Waals surface area contributed by atoms with Crippen molar-refractivity contribution in [1.29, 1.82) is 0 Å². The summed E-state index contributed by atoms with van der Waals surface area (Å²) < 4.78 is 4.77. The number of esters is 1. The predicted octanol–water partition coefficient (Wildman–Crippen LogP) is -0.241. The summed E-state index contributed by atoms with van der Waals surface area (Å²) in [6, 6.07) is -0.0460. The van der Waals surface area contributed by atoms with Crippen LogP contribution in [0.3, 0.4) is 0 Å². The zero-order valence-electron chi connectivity index (χ0n) is 11.4. The molecule has 0 aliphatic rings. The average molecular weight is 260 g/mol. The molecule has 0 saturated heterocycles. The molecule has 18 heavy (non-hydrogen) atoms. The van der Waals surface area contributed by atoms with Crippen LogP contribution in [-0.4, -0.2) is 61.3 Å². The lowest BCUT2D eigenvalue weighted by Gasteiger charge is -2.21. The van der Waals surface area contributed by atoms with E-state index >= 15 is 0 Å². The number of aliphatic hydroxyl groups is 1. The van der Waals surface area contributed by atoms with Crippen molar-refractivity contribution in [3.63, 3.8) is 0 Å². The van der Waals surface area contributed by atoms with Gasteiger partial charge in [-0.25, -0.2) is 0 Å². The van der Waals surface area contributed by atoms with Crippen molar-refractivity contribution in [1.82, 2.24) is 10.2 Å². The molecule has 6 nitrogen and oxygen atoms in total. The van der Waals surface area contributed by atoms with Gasteiger partial charge in [0.25, 0.3) is 0 Å². The lowest BCUT2D eigenvalue weighted by atomic mass is 10.3. The summed E-state index contributed by atoms with van der Waals surface area (Å²) in [6.07, 6.45) is 0.890. The van der Waals surface area contributed by atoms with Crippen LogP contribution in [0.2, 0.25) is 0 Å². The molecule has 1 unspecified atom stereocenters. The second-order valence-corrected chi connectivity index (χ2v) is 4.21. The minimum Gasteiger partial charge on any atom is -0.466 e. The smallest absolute Gasteiger partial charge is 0.305 e. The van der Waals surface area contributed by atoms with E-state index in [4.69, 9.17) is 9.84 Å². The van der Waals surface area contributed by atoms with Gasteiger partial charge in [-0.3, -0.25) is 14.5 Å². The molecule has 0 aliphatic heterocycles. The van der Waals surface area contributed by atoms with Gasteiger partial charge in [0.1, 0.15) is 0 Å². The van der Waals surface area contributed by atoms with Crippen LogP contribution in [0, 0.1) is 0 Å². The fourth-order valence-electron chi connectivity index (χ4n) is 1.27. The van der Waals surface area contributed by atoms with Crippen molar-refractivity contribution in [2.45, 2.75) is 32.7 Å². The molecule has 0 spiro atoms. The molecular weight excluding hydrogens is 236 g/mol. The fourth-order valence-corrected chi connectivity index (χ4v) is 1.27. The van der Waals surface area contributed by atoms with Crippen molar-refractivity contribution < 1.29 is 19.4 Å². The van der Waals surface area contributed by atoms with E-state index < -0.39 is 0 Å². The summed E-state index contributed by atoms with van der Waals surface area (Å²) in [4.78, 5) is 24.3. The number of ether oxygens (including phenoxy) is 1. The lowest BCUT2D eigenvalue weighted by Crippen LogP contribution is -2.41. The highest BCUT2D eigenvalue weighted by Gasteiger charge is 2.11. The first-order chi connectivity index (χ1) is 8.51. The quantitative estimate of drug-likeness (QED) is 0.442. The lowest BCUT2D eigenvalue weighted by molar-refractivity contribution is -0.143.